The highest BCUT2D eigenvalue weighted by Crippen LogP contribution is 2.34. The van der Waals surface area contributed by atoms with Gasteiger partial charge in [-0.1, -0.05) is 23.7 Å². The first-order valence-corrected chi connectivity index (χ1v) is 4.52. The second kappa shape index (κ2) is 2.51. The van der Waals surface area contributed by atoms with Crippen molar-refractivity contribution >= 4 is 28.5 Å². The van der Waals surface area contributed by atoms with E-state index in [4.69, 9.17) is 20.8 Å². The van der Waals surface area contributed by atoms with Gasteiger partial charge in [-0.3, -0.25) is 0 Å². The van der Waals surface area contributed by atoms with Crippen LogP contribution in [-0.4, -0.2) is 5.97 Å². The van der Waals surface area contributed by atoms with Crippen molar-refractivity contribution in [1.29, 1.82) is 0 Å². The molecule has 0 amide bonds. The van der Waals surface area contributed by atoms with E-state index in [1.54, 1.807) is 18.2 Å². The molecule has 0 spiro atoms. The molecule has 2 aromatic rings. The summed E-state index contributed by atoms with van der Waals surface area (Å²) in [5.41, 5.74) is 1.08. The number of rotatable bonds is 0. The fourth-order valence-corrected chi connectivity index (χ4v) is 1.88. The summed E-state index contributed by atoms with van der Waals surface area (Å²) < 4.78 is 10.3. The van der Waals surface area contributed by atoms with Gasteiger partial charge in [0.25, 0.3) is 0 Å². The number of carbonyl (C=O) groups excluding carboxylic acids is 1. The van der Waals surface area contributed by atoms with Crippen LogP contribution < -0.4 is 0 Å². The Labute approximate surface area is 84.2 Å². The molecular formula is C10H5ClO3. The summed E-state index contributed by atoms with van der Waals surface area (Å²) >= 11 is 5.93. The fourth-order valence-electron chi connectivity index (χ4n) is 1.66. The van der Waals surface area contributed by atoms with Gasteiger partial charge in [0.2, 0.25) is 0 Å². The molecule has 1 aromatic carbocycles. The largest absolute Gasteiger partial charge is 0.455 e. The number of benzene rings is 1. The number of ether oxygens (including phenoxy) is 1. The number of carbonyl (C=O) groups is 1. The quantitative estimate of drug-likeness (QED) is 0.625. The van der Waals surface area contributed by atoms with Gasteiger partial charge in [0, 0.05) is 5.39 Å². The van der Waals surface area contributed by atoms with E-state index in [2.05, 4.69) is 0 Å². The fraction of sp³-hybridized carbons (Fsp3) is 0.100. The lowest BCUT2D eigenvalue weighted by atomic mass is 10.1. The zero-order chi connectivity index (χ0) is 9.71. The molecule has 1 aliphatic heterocycles. The Morgan fingerprint density at radius 3 is 3.07 bits per heavy atom. The minimum Gasteiger partial charge on any atom is -0.455 e. The average molecular weight is 209 g/mol. The van der Waals surface area contributed by atoms with Gasteiger partial charge in [0.1, 0.15) is 5.56 Å². The predicted octanol–water partition coefficient (Wildman–Crippen LogP) is 2.76. The van der Waals surface area contributed by atoms with Crippen LogP contribution in [0.5, 0.6) is 0 Å². The molecule has 0 saturated carbocycles. The molecule has 0 aliphatic carbocycles. The van der Waals surface area contributed by atoms with E-state index < -0.39 is 0 Å². The molecule has 0 atom stereocenters. The van der Waals surface area contributed by atoms with Gasteiger partial charge >= 0.3 is 5.97 Å². The van der Waals surface area contributed by atoms with Crippen molar-refractivity contribution in [1.82, 2.24) is 0 Å². The molecule has 0 unspecified atom stereocenters. The first-order valence-electron chi connectivity index (χ1n) is 4.14. The van der Waals surface area contributed by atoms with E-state index in [0.29, 0.717) is 21.9 Å². The number of cyclic esters (lactones) is 1. The third-order valence-electron chi connectivity index (χ3n) is 2.28. The van der Waals surface area contributed by atoms with Gasteiger partial charge in [0.05, 0.1) is 5.02 Å². The van der Waals surface area contributed by atoms with Crippen LogP contribution in [-0.2, 0) is 11.3 Å². The van der Waals surface area contributed by atoms with Crippen LogP contribution in [0, 0.1) is 0 Å². The summed E-state index contributed by atoms with van der Waals surface area (Å²) in [4.78, 5) is 11.3. The Kier molecular flexibility index (Phi) is 1.42. The number of halogens is 1. The first kappa shape index (κ1) is 7.88. The van der Waals surface area contributed by atoms with Crippen molar-refractivity contribution in [2.24, 2.45) is 0 Å². The lowest BCUT2D eigenvalue weighted by Gasteiger charge is -1.94. The third-order valence-corrected chi connectivity index (χ3v) is 2.58. The molecule has 70 valence electrons. The highest BCUT2D eigenvalue weighted by Gasteiger charge is 2.29. The summed E-state index contributed by atoms with van der Waals surface area (Å²) in [5.74, 6) is 0.235. The maximum atomic E-state index is 11.3. The van der Waals surface area contributed by atoms with Crippen LogP contribution in [0.15, 0.2) is 22.6 Å². The molecule has 3 nitrogen and oxygen atoms in total. The lowest BCUT2D eigenvalue weighted by Crippen LogP contribution is -1.92. The summed E-state index contributed by atoms with van der Waals surface area (Å²) in [5, 5.41) is 1.25. The van der Waals surface area contributed by atoms with E-state index in [1.165, 1.54) is 0 Å². The van der Waals surface area contributed by atoms with Gasteiger partial charge in [-0.25, -0.2) is 4.79 Å². The Bertz CT molecular complexity index is 542. The van der Waals surface area contributed by atoms with E-state index in [-0.39, 0.29) is 12.6 Å². The maximum Gasteiger partial charge on any atom is 0.342 e. The number of hydrogen-bond acceptors (Lipinski definition) is 3. The van der Waals surface area contributed by atoms with Gasteiger partial charge < -0.3 is 9.15 Å². The second-order valence-electron chi connectivity index (χ2n) is 3.09. The van der Waals surface area contributed by atoms with Crippen molar-refractivity contribution in [2.75, 3.05) is 0 Å². The van der Waals surface area contributed by atoms with Crippen molar-refractivity contribution in [3.8, 4) is 0 Å². The zero-order valence-corrected chi connectivity index (χ0v) is 7.80. The monoisotopic (exact) mass is 208 g/mol. The average Bonchev–Trinajstić information content (AvgIpc) is 2.68. The molecule has 4 heteroatoms. The molecule has 0 bridgehead atoms. The predicted molar refractivity (Wildman–Crippen MR) is 50.3 cm³/mol. The SMILES string of the molecule is O=C1OCc2oc3c(Cl)cccc3c21. The minimum atomic E-state index is -0.332. The zero-order valence-electron chi connectivity index (χ0n) is 7.04. The van der Waals surface area contributed by atoms with Crippen LogP contribution in [0.2, 0.25) is 5.02 Å². The van der Waals surface area contributed by atoms with Crippen LogP contribution in [0.4, 0.5) is 0 Å². The van der Waals surface area contributed by atoms with Crippen molar-refractivity contribution < 1.29 is 13.9 Å². The lowest BCUT2D eigenvalue weighted by molar-refractivity contribution is 0.0524. The summed E-state index contributed by atoms with van der Waals surface area (Å²) in [6, 6.07) is 5.32. The molecule has 0 N–H and O–H groups in total. The van der Waals surface area contributed by atoms with Gasteiger partial charge in [0.15, 0.2) is 18.0 Å². The molecule has 0 fully saturated rings. The van der Waals surface area contributed by atoms with Crippen molar-refractivity contribution in [3.05, 3.63) is 34.5 Å². The van der Waals surface area contributed by atoms with Gasteiger partial charge in [-0.05, 0) is 6.07 Å². The van der Waals surface area contributed by atoms with Crippen molar-refractivity contribution in [2.45, 2.75) is 6.61 Å². The number of para-hydroxylation sites is 1. The molecule has 0 saturated heterocycles. The van der Waals surface area contributed by atoms with Crippen molar-refractivity contribution in [3.63, 3.8) is 0 Å². The Morgan fingerprint density at radius 2 is 2.21 bits per heavy atom. The second-order valence-corrected chi connectivity index (χ2v) is 3.50. The topological polar surface area (TPSA) is 39.4 Å². The minimum absolute atomic E-state index is 0.208. The Balaban J connectivity index is 2.47. The molecular weight excluding hydrogens is 204 g/mol. The Hall–Kier alpha value is -1.48. The highest BCUT2D eigenvalue weighted by atomic mass is 35.5. The molecule has 2 heterocycles. The third kappa shape index (κ3) is 0.849. The van der Waals surface area contributed by atoms with Crippen LogP contribution in [0.3, 0.4) is 0 Å². The van der Waals surface area contributed by atoms with Gasteiger partial charge in [-0.15, -0.1) is 0 Å². The van der Waals surface area contributed by atoms with Crippen LogP contribution in [0.25, 0.3) is 11.0 Å². The molecule has 14 heavy (non-hydrogen) atoms. The molecule has 3 rings (SSSR count). The van der Waals surface area contributed by atoms with Gasteiger partial charge in [-0.2, -0.15) is 0 Å². The molecule has 0 radical (unpaired) electrons. The standard InChI is InChI=1S/C10H5ClO3/c11-6-3-1-2-5-8-7(14-9(5)6)4-13-10(8)12/h1-3H,4H2. The van der Waals surface area contributed by atoms with E-state index in [9.17, 15) is 4.79 Å². The maximum absolute atomic E-state index is 11.3. The van der Waals surface area contributed by atoms with Crippen LogP contribution >= 0.6 is 11.6 Å². The normalized spacial score (nSPS) is 14.5. The Morgan fingerprint density at radius 1 is 1.36 bits per heavy atom. The highest BCUT2D eigenvalue weighted by molar-refractivity contribution is 6.35. The molecule has 1 aromatic heterocycles. The number of fused-ring (bicyclic) bond motifs is 3. The summed E-state index contributed by atoms with van der Waals surface area (Å²) in [6.45, 7) is 0.208. The van der Waals surface area contributed by atoms with E-state index in [1.807, 2.05) is 0 Å². The van der Waals surface area contributed by atoms with E-state index >= 15 is 0 Å². The van der Waals surface area contributed by atoms with Crippen LogP contribution in [0.1, 0.15) is 16.1 Å². The summed E-state index contributed by atoms with van der Waals surface area (Å²) in [6.07, 6.45) is 0. The summed E-state index contributed by atoms with van der Waals surface area (Å²) in [7, 11) is 0. The number of esters is 1. The number of hydrogen-bond donors (Lipinski definition) is 0. The smallest absolute Gasteiger partial charge is 0.342 e. The first-order chi connectivity index (χ1) is 6.77. The van der Waals surface area contributed by atoms with E-state index in [0.717, 1.165) is 5.39 Å². The number of furan rings is 1. The molecule has 1 aliphatic rings.